The van der Waals surface area contributed by atoms with Crippen molar-refractivity contribution >= 4 is 5.97 Å². The number of rotatable bonds is 6. The van der Waals surface area contributed by atoms with Crippen LogP contribution in [0.5, 0.6) is 5.75 Å². The summed E-state index contributed by atoms with van der Waals surface area (Å²) in [7, 11) is 0. The van der Waals surface area contributed by atoms with Crippen molar-refractivity contribution in [2.24, 2.45) is 11.7 Å². The molecule has 0 heterocycles. The molecule has 1 fully saturated rings. The van der Waals surface area contributed by atoms with E-state index in [9.17, 15) is 4.79 Å². The number of aliphatic carboxylic acids is 1. The average molecular weight is 235 g/mol. The molecule has 1 saturated carbocycles. The number of hydrogen-bond donors (Lipinski definition) is 2. The van der Waals surface area contributed by atoms with Crippen molar-refractivity contribution in [2.45, 2.75) is 18.8 Å². The zero-order valence-corrected chi connectivity index (χ0v) is 9.63. The third-order valence-corrected chi connectivity index (χ3v) is 3.00. The molecule has 4 heteroatoms. The maximum atomic E-state index is 11.1. The predicted octanol–water partition coefficient (Wildman–Crippen LogP) is 1.60. The SMILES string of the molecule is NCC(C(=O)O)c1ccccc1OCC1CC1. The van der Waals surface area contributed by atoms with Gasteiger partial charge in [0.05, 0.1) is 12.5 Å². The number of ether oxygens (including phenoxy) is 1. The Bertz CT molecular complexity index is 401. The fraction of sp³-hybridized carbons (Fsp3) is 0.462. The van der Waals surface area contributed by atoms with Gasteiger partial charge in [-0.25, -0.2) is 0 Å². The monoisotopic (exact) mass is 235 g/mol. The molecule has 3 N–H and O–H groups in total. The second-order valence-corrected chi connectivity index (χ2v) is 4.42. The van der Waals surface area contributed by atoms with E-state index in [2.05, 4.69) is 0 Å². The Morgan fingerprint density at radius 2 is 2.18 bits per heavy atom. The third-order valence-electron chi connectivity index (χ3n) is 3.00. The van der Waals surface area contributed by atoms with E-state index in [-0.39, 0.29) is 6.54 Å². The normalized spacial score (nSPS) is 16.5. The Kier molecular flexibility index (Phi) is 3.64. The smallest absolute Gasteiger partial charge is 0.312 e. The van der Waals surface area contributed by atoms with Crippen LogP contribution in [0.25, 0.3) is 0 Å². The molecule has 0 radical (unpaired) electrons. The highest BCUT2D eigenvalue weighted by molar-refractivity contribution is 5.77. The Morgan fingerprint density at radius 3 is 2.76 bits per heavy atom. The Labute approximate surface area is 100 Å². The van der Waals surface area contributed by atoms with Gasteiger partial charge >= 0.3 is 5.97 Å². The van der Waals surface area contributed by atoms with Gasteiger partial charge in [-0.05, 0) is 24.8 Å². The number of carbonyl (C=O) groups is 1. The molecular formula is C13H17NO3. The highest BCUT2D eigenvalue weighted by atomic mass is 16.5. The van der Waals surface area contributed by atoms with Gasteiger partial charge in [0.2, 0.25) is 0 Å². The molecule has 1 atom stereocenters. The second kappa shape index (κ2) is 5.19. The zero-order chi connectivity index (χ0) is 12.3. The van der Waals surface area contributed by atoms with Crippen LogP contribution < -0.4 is 10.5 Å². The quantitative estimate of drug-likeness (QED) is 0.785. The average Bonchev–Trinajstić information content (AvgIpc) is 3.12. The molecule has 0 aromatic heterocycles. The maximum Gasteiger partial charge on any atom is 0.312 e. The van der Waals surface area contributed by atoms with Crippen LogP contribution in [-0.4, -0.2) is 24.2 Å². The van der Waals surface area contributed by atoms with Gasteiger partial charge < -0.3 is 15.6 Å². The summed E-state index contributed by atoms with van der Waals surface area (Å²) in [5.74, 6) is -0.304. The molecule has 0 bridgehead atoms. The molecule has 1 aliphatic carbocycles. The Balaban J connectivity index is 2.15. The zero-order valence-electron chi connectivity index (χ0n) is 9.63. The van der Waals surface area contributed by atoms with Crippen LogP contribution >= 0.6 is 0 Å². The summed E-state index contributed by atoms with van der Waals surface area (Å²) >= 11 is 0. The van der Waals surface area contributed by atoms with E-state index in [4.69, 9.17) is 15.6 Å². The van der Waals surface area contributed by atoms with Crippen molar-refractivity contribution in [3.8, 4) is 5.75 Å². The summed E-state index contributed by atoms with van der Waals surface area (Å²) in [5, 5.41) is 9.11. The fourth-order valence-electron chi connectivity index (χ4n) is 1.75. The topological polar surface area (TPSA) is 72.6 Å². The molecule has 0 amide bonds. The molecule has 92 valence electrons. The number of carboxylic acid groups (broad SMARTS) is 1. The molecule has 2 rings (SSSR count). The highest BCUT2D eigenvalue weighted by Gasteiger charge is 2.25. The number of benzene rings is 1. The maximum absolute atomic E-state index is 11.1. The van der Waals surface area contributed by atoms with Gasteiger partial charge in [-0.2, -0.15) is 0 Å². The standard InChI is InChI=1S/C13H17NO3/c14-7-11(13(15)16)10-3-1-2-4-12(10)17-8-9-5-6-9/h1-4,9,11H,5-8,14H2,(H,15,16). The van der Waals surface area contributed by atoms with Crippen LogP contribution in [0.2, 0.25) is 0 Å². The summed E-state index contributed by atoms with van der Waals surface area (Å²) < 4.78 is 5.68. The number of carboxylic acids is 1. The number of para-hydroxylation sites is 1. The summed E-state index contributed by atoms with van der Waals surface area (Å²) in [6.45, 7) is 0.757. The number of nitrogens with two attached hydrogens (primary N) is 1. The van der Waals surface area contributed by atoms with Crippen LogP contribution in [-0.2, 0) is 4.79 Å². The van der Waals surface area contributed by atoms with Gasteiger partial charge in [0.15, 0.2) is 0 Å². The molecule has 0 spiro atoms. The Hall–Kier alpha value is -1.55. The van der Waals surface area contributed by atoms with Crippen LogP contribution in [0.1, 0.15) is 24.3 Å². The largest absolute Gasteiger partial charge is 0.493 e. The summed E-state index contributed by atoms with van der Waals surface area (Å²) in [5.41, 5.74) is 6.18. The van der Waals surface area contributed by atoms with E-state index in [1.165, 1.54) is 12.8 Å². The third kappa shape index (κ3) is 2.97. The molecular weight excluding hydrogens is 218 g/mol. The molecule has 1 unspecified atom stereocenters. The minimum atomic E-state index is -0.907. The molecule has 1 aromatic carbocycles. The van der Waals surface area contributed by atoms with Crippen LogP contribution in [0.15, 0.2) is 24.3 Å². The molecule has 0 aliphatic heterocycles. The van der Waals surface area contributed by atoms with E-state index < -0.39 is 11.9 Å². The molecule has 1 aromatic rings. The van der Waals surface area contributed by atoms with Gasteiger partial charge in [-0.1, -0.05) is 18.2 Å². The molecule has 0 saturated heterocycles. The molecule has 1 aliphatic rings. The lowest BCUT2D eigenvalue weighted by atomic mass is 9.98. The summed E-state index contributed by atoms with van der Waals surface area (Å²) in [6, 6.07) is 7.24. The first-order valence-electron chi connectivity index (χ1n) is 5.87. The van der Waals surface area contributed by atoms with Crippen LogP contribution in [0.3, 0.4) is 0 Å². The van der Waals surface area contributed by atoms with Crippen LogP contribution in [0.4, 0.5) is 0 Å². The van der Waals surface area contributed by atoms with Gasteiger partial charge in [-0.15, -0.1) is 0 Å². The van der Waals surface area contributed by atoms with Crippen LogP contribution in [0, 0.1) is 5.92 Å². The van der Waals surface area contributed by atoms with Gasteiger partial charge in [0, 0.05) is 12.1 Å². The highest BCUT2D eigenvalue weighted by Crippen LogP contribution is 2.32. The van der Waals surface area contributed by atoms with Gasteiger partial charge in [-0.3, -0.25) is 4.79 Å². The van der Waals surface area contributed by atoms with Gasteiger partial charge in [0.25, 0.3) is 0 Å². The van der Waals surface area contributed by atoms with E-state index in [0.717, 1.165) is 0 Å². The van der Waals surface area contributed by atoms with Crippen molar-refractivity contribution in [2.75, 3.05) is 13.2 Å². The van der Waals surface area contributed by atoms with Crippen molar-refractivity contribution in [1.82, 2.24) is 0 Å². The number of hydrogen-bond acceptors (Lipinski definition) is 3. The van der Waals surface area contributed by atoms with Crippen molar-refractivity contribution < 1.29 is 14.6 Å². The van der Waals surface area contributed by atoms with Crippen molar-refractivity contribution in [1.29, 1.82) is 0 Å². The lowest BCUT2D eigenvalue weighted by Crippen LogP contribution is -2.22. The van der Waals surface area contributed by atoms with Gasteiger partial charge in [0.1, 0.15) is 5.75 Å². The minimum absolute atomic E-state index is 0.0825. The summed E-state index contributed by atoms with van der Waals surface area (Å²) in [4.78, 5) is 11.1. The first-order valence-corrected chi connectivity index (χ1v) is 5.87. The molecule has 17 heavy (non-hydrogen) atoms. The van der Waals surface area contributed by atoms with E-state index in [1.54, 1.807) is 6.07 Å². The predicted molar refractivity (Wildman–Crippen MR) is 64.1 cm³/mol. The van der Waals surface area contributed by atoms with E-state index >= 15 is 0 Å². The minimum Gasteiger partial charge on any atom is -0.493 e. The first-order chi connectivity index (χ1) is 8.22. The first kappa shape index (κ1) is 11.9. The molecule has 4 nitrogen and oxygen atoms in total. The lowest BCUT2D eigenvalue weighted by Gasteiger charge is -2.15. The fourth-order valence-corrected chi connectivity index (χ4v) is 1.75. The van der Waals surface area contributed by atoms with Crippen molar-refractivity contribution in [3.05, 3.63) is 29.8 Å². The lowest BCUT2D eigenvalue weighted by molar-refractivity contribution is -0.138. The Morgan fingerprint density at radius 1 is 1.47 bits per heavy atom. The summed E-state index contributed by atoms with van der Waals surface area (Å²) in [6.07, 6.45) is 2.42. The van der Waals surface area contributed by atoms with E-state index in [1.807, 2.05) is 18.2 Å². The van der Waals surface area contributed by atoms with E-state index in [0.29, 0.717) is 23.8 Å². The second-order valence-electron chi connectivity index (χ2n) is 4.42. The van der Waals surface area contributed by atoms with Crippen molar-refractivity contribution in [3.63, 3.8) is 0 Å².